The number of morpholine rings is 1. The molecule has 0 bridgehead atoms. The number of urea groups is 1. The third-order valence-electron chi connectivity index (χ3n) is 6.84. The van der Waals surface area contributed by atoms with E-state index >= 15 is 0 Å². The van der Waals surface area contributed by atoms with Crippen LogP contribution in [0.1, 0.15) is 36.4 Å². The number of anilines is 2. The maximum absolute atomic E-state index is 12.6. The van der Waals surface area contributed by atoms with Crippen LogP contribution in [0.15, 0.2) is 30.3 Å². The number of nitrogens with one attached hydrogen (secondary N) is 2. The first kappa shape index (κ1) is 21.2. The summed E-state index contributed by atoms with van der Waals surface area (Å²) in [6.45, 7) is 9.05. The number of nitrogens with zero attached hydrogens (tertiary/aromatic N) is 3. The number of aromatic nitrogens is 1. The van der Waals surface area contributed by atoms with Gasteiger partial charge in [-0.15, -0.1) is 0 Å². The average Bonchev–Trinajstić information content (AvgIpc) is 3.55. The van der Waals surface area contributed by atoms with Gasteiger partial charge < -0.3 is 25.2 Å². The van der Waals surface area contributed by atoms with E-state index in [4.69, 9.17) is 9.72 Å². The third-order valence-corrected chi connectivity index (χ3v) is 6.84. The summed E-state index contributed by atoms with van der Waals surface area (Å²) in [7, 11) is 0. The van der Waals surface area contributed by atoms with Crippen LogP contribution in [0.5, 0.6) is 0 Å². The van der Waals surface area contributed by atoms with E-state index in [9.17, 15) is 4.79 Å². The zero-order chi connectivity index (χ0) is 21.9. The molecule has 2 aromatic rings. The Kier molecular flexibility index (Phi) is 6.28. The Hall–Kier alpha value is -2.64. The lowest BCUT2D eigenvalue weighted by Crippen LogP contribution is -2.37. The minimum absolute atomic E-state index is 0.00115. The van der Waals surface area contributed by atoms with Gasteiger partial charge in [-0.3, -0.25) is 0 Å². The van der Waals surface area contributed by atoms with Gasteiger partial charge in [-0.25, -0.2) is 9.78 Å². The van der Waals surface area contributed by atoms with Gasteiger partial charge in [0.05, 0.1) is 13.2 Å². The van der Waals surface area contributed by atoms with Gasteiger partial charge in [0.15, 0.2) is 0 Å². The largest absolute Gasteiger partial charge is 0.378 e. The van der Waals surface area contributed by atoms with E-state index in [1.165, 1.54) is 5.56 Å². The minimum Gasteiger partial charge on any atom is -0.378 e. The van der Waals surface area contributed by atoms with Crippen molar-refractivity contribution in [2.45, 2.75) is 32.1 Å². The summed E-state index contributed by atoms with van der Waals surface area (Å²) < 4.78 is 5.56. The predicted octanol–water partition coefficient (Wildman–Crippen LogP) is 3.60. The second-order valence-corrected chi connectivity index (χ2v) is 9.08. The molecule has 3 fully saturated rings. The summed E-state index contributed by atoms with van der Waals surface area (Å²) in [6, 6.07) is 10.7. The first-order chi connectivity index (χ1) is 15.7. The van der Waals surface area contributed by atoms with Crippen LogP contribution in [-0.2, 0) is 4.74 Å². The molecule has 0 radical (unpaired) electrons. The molecule has 0 spiro atoms. The topological polar surface area (TPSA) is 69.7 Å². The van der Waals surface area contributed by atoms with Gasteiger partial charge in [-0.05, 0) is 73.7 Å². The number of amides is 2. The standard InChI is InChI=1S/C25H33N5O2/c1-18-4-5-21(27-25(31)30-8-2-3-9-30)16-22(18)20-14-23(19-6-7-26-17-19)28-24(15-20)29-10-12-32-13-11-29/h4-5,14-16,19,26H,2-3,6-13,17H2,1H3,(H,27,31). The highest BCUT2D eigenvalue weighted by Crippen LogP contribution is 2.33. The Balaban J connectivity index is 1.48. The molecule has 0 aliphatic carbocycles. The molecule has 1 unspecified atom stereocenters. The highest BCUT2D eigenvalue weighted by molar-refractivity contribution is 5.90. The minimum atomic E-state index is -0.00115. The van der Waals surface area contributed by atoms with Crippen molar-refractivity contribution in [1.29, 1.82) is 0 Å². The number of likely N-dealkylation sites (tertiary alicyclic amines) is 1. The molecule has 4 heterocycles. The van der Waals surface area contributed by atoms with Gasteiger partial charge in [0.25, 0.3) is 0 Å². The van der Waals surface area contributed by atoms with Crippen molar-refractivity contribution < 1.29 is 9.53 Å². The fraction of sp³-hybridized carbons (Fsp3) is 0.520. The monoisotopic (exact) mass is 435 g/mol. The molecular formula is C25H33N5O2. The first-order valence-electron chi connectivity index (χ1n) is 11.9. The fourth-order valence-electron chi connectivity index (χ4n) is 4.90. The van der Waals surface area contributed by atoms with Crippen molar-refractivity contribution in [1.82, 2.24) is 15.2 Å². The van der Waals surface area contributed by atoms with Crippen LogP contribution in [0.25, 0.3) is 11.1 Å². The average molecular weight is 436 g/mol. The summed E-state index contributed by atoms with van der Waals surface area (Å²) in [6.07, 6.45) is 3.29. The molecule has 0 saturated carbocycles. The van der Waals surface area contributed by atoms with Crippen molar-refractivity contribution in [2.24, 2.45) is 0 Å². The lowest BCUT2D eigenvalue weighted by Gasteiger charge is -2.29. The molecule has 3 saturated heterocycles. The molecule has 3 aliphatic heterocycles. The Labute approximate surface area is 190 Å². The fourth-order valence-corrected chi connectivity index (χ4v) is 4.90. The zero-order valence-electron chi connectivity index (χ0n) is 18.9. The quantitative estimate of drug-likeness (QED) is 0.768. The number of pyridine rings is 1. The lowest BCUT2D eigenvalue weighted by molar-refractivity contribution is 0.122. The predicted molar refractivity (Wildman–Crippen MR) is 127 cm³/mol. The van der Waals surface area contributed by atoms with Gasteiger partial charge in [-0.2, -0.15) is 0 Å². The second kappa shape index (κ2) is 9.46. The molecular weight excluding hydrogens is 402 g/mol. The van der Waals surface area contributed by atoms with E-state index < -0.39 is 0 Å². The normalized spacial score (nSPS) is 21.2. The Morgan fingerprint density at radius 3 is 2.69 bits per heavy atom. The Morgan fingerprint density at radius 1 is 1.12 bits per heavy atom. The van der Waals surface area contributed by atoms with Crippen LogP contribution in [0.4, 0.5) is 16.3 Å². The lowest BCUT2D eigenvalue weighted by atomic mass is 9.96. The van der Waals surface area contributed by atoms with E-state index in [-0.39, 0.29) is 6.03 Å². The van der Waals surface area contributed by atoms with Crippen LogP contribution in [-0.4, -0.2) is 68.4 Å². The number of rotatable bonds is 4. The highest BCUT2D eigenvalue weighted by atomic mass is 16.5. The molecule has 2 N–H and O–H groups in total. The van der Waals surface area contributed by atoms with Crippen molar-refractivity contribution >= 4 is 17.5 Å². The molecule has 7 heteroatoms. The van der Waals surface area contributed by atoms with Crippen LogP contribution >= 0.6 is 0 Å². The highest BCUT2D eigenvalue weighted by Gasteiger charge is 2.23. The van der Waals surface area contributed by atoms with Crippen molar-refractivity contribution in [3.05, 3.63) is 41.6 Å². The molecule has 1 aromatic heterocycles. The molecule has 5 rings (SSSR count). The maximum atomic E-state index is 12.6. The van der Waals surface area contributed by atoms with Gasteiger partial charge in [0.1, 0.15) is 5.82 Å². The summed E-state index contributed by atoms with van der Waals surface area (Å²) in [5.41, 5.74) is 5.50. The van der Waals surface area contributed by atoms with Gasteiger partial charge in [-0.1, -0.05) is 6.07 Å². The molecule has 7 nitrogen and oxygen atoms in total. The molecule has 170 valence electrons. The van der Waals surface area contributed by atoms with E-state index in [2.05, 4.69) is 46.7 Å². The molecule has 1 atom stereocenters. The number of benzene rings is 1. The molecule has 3 aliphatic rings. The number of hydrogen-bond donors (Lipinski definition) is 2. The molecule has 1 aromatic carbocycles. The van der Waals surface area contributed by atoms with Crippen molar-refractivity contribution in [2.75, 3.05) is 62.7 Å². The van der Waals surface area contributed by atoms with Crippen LogP contribution in [0, 0.1) is 6.92 Å². The number of ether oxygens (including phenoxy) is 1. The molecule has 2 amide bonds. The van der Waals surface area contributed by atoms with E-state index in [0.29, 0.717) is 5.92 Å². The SMILES string of the molecule is Cc1ccc(NC(=O)N2CCCC2)cc1-c1cc(C2CCNC2)nc(N2CCOCC2)c1. The summed E-state index contributed by atoms with van der Waals surface area (Å²) in [4.78, 5) is 21.9. The van der Waals surface area contributed by atoms with Crippen molar-refractivity contribution in [3.63, 3.8) is 0 Å². The van der Waals surface area contributed by atoms with Crippen LogP contribution in [0.3, 0.4) is 0 Å². The van der Waals surface area contributed by atoms with E-state index in [1.54, 1.807) is 0 Å². The summed E-state index contributed by atoms with van der Waals surface area (Å²) in [5.74, 6) is 1.46. The maximum Gasteiger partial charge on any atom is 0.321 e. The van der Waals surface area contributed by atoms with Gasteiger partial charge in [0.2, 0.25) is 0 Å². The van der Waals surface area contributed by atoms with Crippen LogP contribution in [0.2, 0.25) is 0 Å². The Bertz CT molecular complexity index is 961. The van der Waals surface area contributed by atoms with Crippen molar-refractivity contribution in [3.8, 4) is 11.1 Å². The van der Waals surface area contributed by atoms with E-state index in [1.807, 2.05) is 11.0 Å². The summed E-state index contributed by atoms with van der Waals surface area (Å²) >= 11 is 0. The molecule has 32 heavy (non-hydrogen) atoms. The smallest absolute Gasteiger partial charge is 0.321 e. The van der Waals surface area contributed by atoms with Gasteiger partial charge >= 0.3 is 6.03 Å². The number of carbonyl (C=O) groups excluding carboxylic acids is 1. The number of hydrogen-bond acceptors (Lipinski definition) is 5. The number of aryl methyl sites for hydroxylation is 1. The third kappa shape index (κ3) is 4.59. The van der Waals surface area contributed by atoms with Crippen LogP contribution < -0.4 is 15.5 Å². The van der Waals surface area contributed by atoms with E-state index in [0.717, 1.165) is 100 Å². The summed E-state index contributed by atoms with van der Waals surface area (Å²) in [5, 5.41) is 6.58. The second-order valence-electron chi connectivity index (χ2n) is 9.08. The number of carbonyl (C=O) groups is 1. The Morgan fingerprint density at radius 2 is 1.94 bits per heavy atom. The van der Waals surface area contributed by atoms with Gasteiger partial charge in [0, 0.05) is 50.0 Å². The zero-order valence-corrected chi connectivity index (χ0v) is 18.9. The first-order valence-corrected chi connectivity index (χ1v) is 11.9.